The molecule has 8 nitrogen and oxygen atoms in total. The van der Waals surface area contributed by atoms with E-state index in [2.05, 4.69) is 5.32 Å². The van der Waals surface area contributed by atoms with Crippen LogP contribution in [0.2, 0.25) is 0 Å². The maximum absolute atomic E-state index is 13.8. The van der Waals surface area contributed by atoms with Crippen molar-refractivity contribution < 1.29 is 22.4 Å². The molecule has 10 heteroatoms. The summed E-state index contributed by atoms with van der Waals surface area (Å²) < 4.78 is 41.9. The Hall–Kier alpha value is -2.98. The van der Waals surface area contributed by atoms with Crippen LogP contribution in [0, 0.1) is 12.7 Å². The maximum atomic E-state index is 13.8. The second-order valence-corrected chi connectivity index (χ2v) is 11.8. The minimum absolute atomic E-state index is 0.0858. The van der Waals surface area contributed by atoms with E-state index in [4.69, 9.17) is 0 Å². The zero-order valence-corrected chi connectivity index (χ0v) is 22.8. The Morgan fingerprint density at radius 2 is 1.62 bits per heavy atom. The van der Waals surface area contributed by atoms with Crippen molar-refractivity contribution in [3.8, 4) is 0 Å². The number of nitrogens with zero attached hydrogens (tertiary/aromatic N) is 3. The van der Waals surface area contributed by atoms with Crippen molar-refractivity contribution in [1.29, 1.82) is 0 Å². The summed E-state index contributed by atoms with van der Waals surface area (Å²) in [6.45, 7) is 3.41. The van der Waals surface area contributed by atoms with Crippen LogP contribution in [0.3, 0.4) is 0 Å². The zero-order valence-electron chi connectivity index (χ0n) is 22.0. The summed E-state index contributed by atoms with van der Waals surface area (Å²) in [5, 5.41) is 3.09. The molecule has 2 aromatic carbocycles. The molecular formula is C27H37FN4O4S. The molecule has 0 radical (unpaired) electrons. The van der Waals surface area contributed by atoms with E-state index in [1.54, 1.807) is 0 Å². The van der Waals surface area contributed by atoms with Crippen molar-refractivity contribution in [2.75, 3.05) is 24.9 Å². The quantitative estimate of drug-likeness (QED) is 0.479. The van der Waals surface area contributed by atoms with Gasteiger partial charge in [-0.05, 0) is 56.0 Å². The fraction of sp³-hybridized carbons (Fsp3) is 0.481. The predicted octanol–water partition coefficient (Wildman–Crippen LogP) is 3.61. The first-order chi connectivity index (χ1) is 17.5. The molecule has 0 bridgehead atoms. The van der Waals surface area contributed by atoms with Gasteiger partial charge in [0.05, 0.1) is 5.69 Å². The molecule has 202 valence electrons. The summed E-state index contributed by atoms with van der Waals surface area (Å²) in [5.41, 5.74) is 2.05. The van der Waals surface area contributed by atoms with Gasteiger partial charge in [0.15, 0.2) is 0 Å². The molecule has 1 atom stereocenters. The summed E-state index contributed by atoms with van der Waals surface area (Å²) in [6, 6.07) is 11.9. The summed E-state index contributed by atoms with van der Waals surface area (Å²) >= 11 is 0. The number of carbonyl (C=O) groups excluding carboxylic acids is 2. The van der Waals surface area contributed by atoms with E-state index < -0.39 is 34.5 Å². The molecule has 1 saturated carbocycles. The van der Waals surface area contributed by atoms with Gasteiger partial charge in [0.2, 0.25) is 11.8 Å². The van der Waals surface area contributed by atoms with Crippen LogP contribution < -0.4 is 9.62 Å². The minimum atomic E-state index is -4.09. The number of hydrogen-bond donors (Lipinski definition) is 1. The molecule has 1 aliphatic carbocycles. The minimum Gasteiger partial charge on any atom is -0.352 e. The maximum Gasteiger partial charge on any atom is 0.304 e. The van der Waals surface area contributed by atoms with Crippen LogP contribution in [-0.2, 0) is 26.3 Å². The number of anilines is 1. The van der Waals surface area contributed by atoms with Gasteiger partial charge in [-0.15, -0.1) is 0 Å². The topological polar surface area (TPSA) is 90.0 Å². The Bertz CT molecular complexity index is 1160. The third-order valence-electron chi connectivity index (χ3n) is 6.69. The van der Waals surface area contributed by atoms with E-state index in [0.717, 1.165) is 57.6 Å². The van der Waals surface area contributed by atoms with E-state index >= 15 is 0 Å². The predicted molar refractivity (Wildman–Crippen MR) is 143 cm³/mol. The van der Waals surface area contributed by atoms with Gasteiger partial charge in [0.1, 0.15) is 18.4 Å². The number of hydrogen-bond acceptors (Lipinski definition) is 4. The second-order valence-electron chi connectivity index (χ2n) is 9.69. The monoisotopic (exact) mass is 532 g/mol. The Labute approximate surface area is 219 Å². The molecule has 1 fully saturated rings. The van der Waals surface area contributed by atoms with Crippen LogP contribution in [0.15, 0.2) is 48.5 Å². The Kier molecular flexibility index (Phi) is 9.67. The lowest BCUT2D eigenvalue weighted by Gasteiger charge is -2.34. The molecule has 2 amide bonds. The normalized spacial score (nSPS) is 15.0. The fourth-order valence-corrected chi connectivity index (χ4v) is 5.56. The van der Waals surface area contributed by atoms with Crippen LogP contribution in [0.1, 0.15) is 50.2 Å². The highest BCUT2D eigenvalue weighted by molar-refractivity contribution is 7.90. The van der Waals surface area contributed by atoms with Crippen molar-refractivity contribution in [2.24, 2.45) is 0 Å². The van der Waals surface area contributed by atoms with Gasteiger partial charge in [-0.3, -0.25) is 9.59 Å². The van der Waals surface area contributed by atoms with E-state index in [1.807, 2.05) is 38.1 Å². The van der Waals surface area contributed by atoms with Crippen molar-refractivity contribution in [3.05, 3.63) is 65.5 Å². The molecule has 3 rings (SSSR count). The molecule has 0 unspecified atom stereocenters. The third-order valence-corrected chi connectivity index (χ3v) is 8.51. The third kappa shape index (κ3) is 7.29. The highest BCUT2D eigenvalue weighted by Gasteiger charge is 2.34. The van der Waals surface area contributed by atoms with Gasteiger partial charge in [-0.2, -0.15) is 12.7 Å². The first kappa shape index (κ1) is 28.6. The molecular weight excluding hydrogens is 495 g/mol. The van der Waals surface area contributed by atoms with Gasteiger partial charge >= 0.3 is 10.2 Å². The number of benzene rings is 2. The number of halogens is 1. The van der Waals surface area contributed by atoms with Crippen LogP contribution in [0.4, 0.5) is 10.1 Å². The van der Waals surface area contributed by atoms with E-state index in [-0.39, 0.29) is 24.2 Å². The van der Waals surface area contributed by atoms with Crippen LogP contribution in [0.25, 0.3) is 0 Å². The molecule has 0 saturated heterocycles. The van der Waals surface area contributed by atoms with E-state index in [1.165, 1.54) is 31.1 Å². The van der Waals surface area contributed by atoms with Crippen LogP contribution >= 0.6 is 0 Å². The summed E-state index contributed by atoms with van der Waals surface area (Å²) in [4.78, 5) is 28.6. The number of nitrogens with one attached hydrogen (secondary N) is 1. The average molecular weight is 533 g/mol. The first-order valence-corrected chi connectivity index (χ1v) is 14.0. The molecule has 0 aliphatic heterocycles. The van der Waals surface area contributed by atoms with Crippen molar-refractivity contribution in [1.82, 2.24) is 14.5 Å². The zero-order chi connectivity index (χ0) is 27.2. The van der Waals surface area contributed by atoms with Crippen LogP contribution in [-0.4, -0.2) is 62.2 Å². The highest BCUT2D eigenvalue weighted by Crippen LogP contribution is 2.23. The molecule has 1 N–H and O–H groups in total. The highest BCUT2D eigenvalue weighted by atomic mass is 32.2. The van der Waals surface area contributed by atoms with Crippen LogP contribution in [0.5, 0.6) is 0 Å². The first-order valence-electron chi connectivity index (χ1n) is 12.6. The lowest BCUT2D eigenvalue weighted by atomic mass is 10.1. The average Bonchev–Trinajstić information content (AvgIpc) is 3.37. The molecule has 2 aromatic rings. The Morgan fingerprint density at radius 1 is 1.03 bits per heavy atom. The smallest absolute Gasteiger partial charge is 0.304 e. The lowest BCUT2D eigenvalue weighted by molar-refractivity contribution is -0.140. The standard InChI is InChI=1S/C27H37FN4O4S/c1-5-25(27(34)29-23-8-6-7-9-23)31(18-21-12-10-20(2)11-13-21)26(33)19-32(37(35,36)30(3)4)24-16-14-22(28)15-17-24/h10-17,23,25H,5-9,18-19H2,1-4H3,(H,29,34)/t25-/m1/s1. The van der Waals surface area contributed by atoms with Crippen molar-refractivity contribution in [3.63, 3.8) is 0 Å². The fourth-order valence-electron chi connectivity index (χ4n) is 4.50. The van der Waals surface area contributed by atoms with Crippen molar-refractivity contribution in [2.45, 2.75) is 64.6 Å². The lowest BCUT2D eigenvalue weighted by Crippen LogP contribution is -2.54. The molecule has 0 heterocycles. The molecule has 0 spiro atoms. The number of carbonyl (C=O) groups is 2. The second kappa shape index (κ2) is 12.5. The van der Waals surface area contributed by atoms with E-state index in [9.17, 15) is 22.4 Å². The SMILES string of the molecule is CC[C@H](C(=O)NC1CCCC1)N(Cc1ccc(C)cc1)C(=O)CN(c1ccc(F)cc1)S(=O)(=O)N(C)C. The van der Waals surface area contributed by atoms with Gasteiger partial charge in [0.25, 0.3) is 0 Å². The summed E-state index contributed by atoms with van der Waals surface area (Å²) in [7, 11) is -1.36. The van der Waals surface area contributed by atoms with Gasteiger partial charge in [-0.1, -0.05) is 49.6 Å². The number of aryl methyl sites for hydroxylation is 1. The number of rotatable bonds is 11. The van der Waals surface area contributed by atoms with Crippen molar-refractivity contribution >= 4 is 27.7 Å². The largest absolute Gasteiger partial charge is 0.352 e. The Morgan fingerprint density at radius 3 is 2.16 bits per heavy atom. The van der Waals surface area contributed by atoms with E-state index in [0.29, 0.717) is 6.42 Å². The number of amides is 2. The molecule has 37 heavy (non-hydrogen) atoms. The van der Waals surface area contributed by atoms with Gasteiger partial charge in [0, 0.05) is 26.7 Å². The van der Waals surface area contributed by atoms with Gasteiger partial charge in [-0.25, -0.2) is 8.70 Å². The summed E-state index contributed by atoms with van der Waals surface area (Å²) in [5.74, 6) is -1.28. The van der Waals surface area contributed by atoms with Gasteiger partial charge < -0.3 is 10.2 Å². The molecule has 1 aliphatic rings. The molecule has 0 aromatic heterocycles. The summed E-state index contributed by atoms with van der Waals surface area (Å²) in [6.07, 6.45) is 4.31. The Balaban J connectivity index is 1.95.